The molecule has 2 aromatic rings. The Balaban J connectivity index is 1.33. The number of nitrogens with zero attached hydrogens (tertiary/aromatic N) is 2. The van der Waals surface area contributed by atoms with E-state index >= 15 is 0 Å². The van der Waals surface area contributed by atoms with Crippen LogP contribution >= 0.6 is 11.3 Å². The average molecular weight is 412 g/mol. The van der Waals surface area contributed by atoms with Crippen LogP contribution in [0.15, 0.2) is 41.8 Å². The lowest BCUT2D eigenvalue weighted by Crippen LogP contribution is -2.39. The summed E-state index contributed by atoms with van der Waals surface area (Å²) in [6, 6.07) is 12.7. The lowest BCUT2D eigenvalue weighted by Gasteiger charge is -2.27. The molecule has 2 aliphatic heterocycles. The number of likely N-dealkylation sites (tertiary alicyclic amines) is 2. The van der Waals surface area contributed by atoms with Crippen LogP contribution in [0.3, 0.4) is 0 Å². The largest absolute Gasteiger partial charge is 0.354 e. The molecule has 5 nitrogen and oxygen atoms in total. The van der Waals surface area contributed by atoms with Gasteiger partial charge in [0.05, 0.1) is 12.0 Å². The van der Waals surface area contributed by atoms with Gasteiger partial charge in [0.1, 0.15) is 0 Å². The van der Waals surface area contributed by atoms with Crippen molar-refractivity contribution in [3.8, 4) is 0 Å². The van der Waals surface area contributed by atoms with Crippen molar-refractivity contribution in [1.82, 2.24) is 15.1 Å². The van der Waals surface area contributed by atoms with Crippen LogP contribution in [0.2, 0.25) is 0 Å². The summed E-state index contributed by atoms with van der Waals surface area (Å²) in [6.45, 7) is 5.93. The van der Waals surface area contributed by atoms with Gasteiger partial charge in [-0.05, 0) is 49.9 Å². The van der Waals surface area contributed by atoms with Gasteiger partial charge in [-0.3, -0.25) is 14.5 Å². The molecule has 0 saturated carbocycles. The first-order chi connectivity index (χ1) is 14.1. The van der Waals surface area contributed by atoms with Crippen molar-refractivity contribution >= 4 is 23.2 Å². The number of amides is 2. The van der Waals surface area contributed by atoms with Crippen molar-refractivity contribution in [3.63, 3.8) is 0 Å². The summed E-state index contributed by atoms with van der Waals surface area (Å²) < 4.78 is 0. The molecular formula is C23H29N3O2S. The summed E-state index contributed by atoms with van der Waals surface area (Å²) in [5.41, 5.74) is 2.31. The first kappa shape index (κ1) is 20.1. The van der Waals surface area contributed by atoms with Crippen LogP contribution in [-0.2, 0) is 16.1 Å². The van der Waals surface area contributed by atoms with E-state index in [1.165, 1.54) is 23.3 Å². The highest BCUT2D eigenvalue weighted by Gasteiger charge is 2.35. The predicted molar refractivity (Wildman–Crippen MR) is 116 cm³/mol. The second kappa shape index (κ2) is 9.09. The molecule has 4 rings (SSSR count). The van der Waals surface area contributed by atoms with Crippen LogP contribution in [0, 0.1) is 12.8 Å². The predicted octanol–water partition coefficient (Wildman–Crippen LogP) is 3.36. The van der Waals surface area contributed by atoms with Gasteiger partial charge in [-0.1, -0.05) is 35.9 Å². The summed E-state index contributed by atoms with van der Waals surface area (Å²) in [5, 5.41) is 5.25. The molecule has 29 heavy (non-hydrogen) atoms. The van der Waals surface area contributed by atoms with Crippen molar-refractivity contribution in [3.05, 3.63) is 57.8 Å². The molecule has 6 heteroatoms. The summed E-state index contributed by atoms with van der Waals surface area (Å²) in [5.74, 6) is -0.180. The van der Waals surface area contributed by atoms with Crippen LogP contribution in [0.1, 0.15) is 41.3 Å². The van der Waals surface area contributed by atoms with Gasteiger partial charge in [0.25, 0.3) is 0 Å². The third kappa shape index (κ3) is 4.87. The number of aryl methyl sites for hydroxylation is 1. The topological polar surface area (TPSA) is 52.7 Å². The molecule has 2 aliphatic rings. The molecule has 0 radical (unpaired) electrons. The standard InChI is InChI=1S/C23H29N3O2S/c1-17-6-8-18(9-7-17)15-26-16-19(13-22(26)27)23(28)24-14-20(21-5-4-12-29-21)25-10-2-3-11-25/h4-9,12,19-20H,2-3,10-11,13-16H2,1H3,(H,24,28). The summed E-state index contributed by atoms with van der Waals surface area (Å²) in [7, 11) is 0. The zero-order valence-electron chi connectivity index (χ0n) is 17.0. The summed E-state index contributed by atoms with van der Waals surface area (Å²) in [6.07, 6.45) is 2.76. The summed E-state index contributed by atoms with van der Waals surface area (Å²) in [4.78, 5) is 30.8. The molecule has 2 saturated heterocycles. The van der Waals surface area contributed by atoms with E-state index in [1.807, 2.05) is 4.90 Å². The van der Waals surface area contributed by atoms with Gasteiger partial charge in [-0.25, -0.2) is 0 Å². The van der Waals surface area contributed by atoms with E-state index < -0.39 is 0 Å². The minimum absolute atomic E-state index is 0.00510. The Kier molecular flexibility index (Phi) is 6.31. The minimum Gasteiger partial charge on any atom is -0.354 e. The highest BCUT2D eigenvalue weighted by atomic mass is 32.1. The minimum atomic E-state index is -0.254. The Morgan fingerprint density at radius 1 is 1.21 bits per heavy atom. The molecule has 0 bridgehead atoms. The number of hydrogen-bond acceptors (Lipinski definition) is 4. The Morgan fingerprint density at radius 3 is 2.66 bits per heavy atom. The van der Waals surface area contributed by atoms with Gasteiger partial charge in [0, 0.05) is 30.9 Å². The lowest BCUT2D eigenvalue weighted by atomic mass is 10.1. The van der Waals surface area contributed by atoms with Gasteiger partial charge >= 0.3 is 0 Å². The van der Waals surface area contributed by atoms with Gasteiger partial charge in [-0.15, -0.1) is 11.3 Å². The number of carbonyl (C=O) groups excluding carboxylic acids is 2. The normalized spacial score (nSPS) is 20.9. The van der Waals surface area contributed by atoms with E-state index in [0.717, 1.165) is 18.7 Å². The number of hydrogen-bond donors (Lipinski definition) is 1. The molecule has 0 spiro atoms. The number of nitrogens with one attached hydrogen (secondary N) is 1. The van der Waals surface area contributed by atoms with E-state index in [0.29, 0.717) is 26.1 Å². The molecule has 2 atom stereocenters. The fraction of sp³-hybridized carbons (Fsp3) is 0.478. The Morgan fingerprint density at radius 2 is 1.97 bits per heavy atom. The van der Waals surface area contributed by atoms with Crippen molar-refractivity contribution < 1.29 is 9.59 Å². The molecule has 3 heterocycles. The maximum absolute atomic E-state index is 12.8. The smallest absolute Gasteiger partial charge is 0.225 e. The van der Waals surface area contributed by atoms with Gasteiger partial charge in [-0.2, -0.15) is 0 Å². The monoisotopic (exact) mass is 411 g/mol. The second-order valence-corrected chi connectivity index (χ2v) is 9.16. The van der Waals surface area contributed by atoms with E-state index in [-0.39, 0.29) is 23.8 Å². The first-order valence-corrected chi connectivity index (χ1v) is 11.4. The highest BCUT2D eigenvalue weighted by Crippen LogP contribution is 2.28. The third-order valence-electron chi connectivity index (χ3n) is 6.00. The SMILES string of the molecule is Cc1ccc(CN2CC(C(=O)NCC(c3cccs3)N3CCCC3)CC2=O)cc1. The molecule has 2 unspecified atom stereocenters. The van der Waals surface area contributed by atoms with Gasteiger partial charge in [0.15, 0.2) is 0 Å². The van der Waals surface area contributed by atoms with Crippen LogP contribution in [-0.4, -0.2) is 47.8 Å². The summed E-state index contributed by atoms with van der Waals surface area (Å²) >= 11 is 1.75. The van der Waals surface area contributed by atoms with E-state index in [2.05, 4.69) is 58.9 Å². The first-order valence-electron chi connectivity index (χ1n) is 10.5. The van der Waals surface area contributed by atoms with Crippen molar-refractivity contribution in [2.75, 3.05) is 26.2 Å². The molecule has 2 fully saturated rings. The van der Waals surface area contributed by atoms with Crippen LogP contribution in [0.4, 0.5) is 0 Å². The quantitative estimate of drug-likeness (QED) is 0.760. The number of carbonyl (C=O) groups is 2. The number of benzene rings is 1. The van der Waals surface area contributed by atoms with E-state index in [1.54, 1.807) is 11.3 Å². The van der Waals surface area contributed by atoms with Crippen molar-refractivity contribution in [2.24, 2.45) is 5.92 Å². The molecular weight excluding hydrogens is 382 g/mol. The third-order valence-corrected chi connectivity index (χ3v) is 6.98. The zero-order chi connectivity index (χ0) is 20.2. The molecule has 154 valence electrons. The molecule has 1 aromatic carbocycles. The maximum Gasteiger partial charge on any atom is 0.225 e. The van der Waals surface area contributed by atoms with Crippen LogP contribution < -0.4 is 5.32 Å². The maximum atomic E-state index is 12.8. The van der Waals surface area contributed by atoms with Crippen molar-refractivity contribution in [2.45, 2.75) is 38.8 Å². The molecule has 2 amide bonds. The average Bonchev–Trinajstić information content (AvgIpc) is 3.47. The second-order valence-electron chi connectivity index (χ2n) is 8.18. The Labute approximate surface area is 176 Å². The number of thiophene rings is 1. The number of rotatable bonds is 7. The van der Waals surface area contributed by atoms with Crippen molar-refractivity contribution in [1.29, 1.82) is 0 Å². The Hall–Kier alpha value is -2.18. The fourth-order valence-corrected chi connectivity index (χ4v) is 5.16. The molecule has 1 aromatic heterocycles. The van der Waals surface area contributed by atoms with E-state index in [9.17, 15) is 9.59 Å². The van der Waals surface area contributed by atoms with Gasteiger partial charge < -0.3 is 10.2 Å². The van der Waals surface area contributed by atoms with Crippen LogP contribution in [0.5, 0.6) is 0 Å². The molecule has 0 aliphatic carbocycles. The molecule has 1 N–H and O–H groups in total. The highest BCUT2D eigenvalue weighted by molar-refractivity contribution is 7.10. The lowest BCUT2D eigenvalue weighted by molar-refractivity contribution is -0.129. The van der Waals surface area contributed by atoms with Gasteiger partial charge in [0.2, 0.25) is 11.8 Å². The fourth-order valence-electron chi connectivity index (χ4n) is 4.30. The zero-order valence-corrected chi connectivity index (χ0v) is 17.8. The Bertz CT molecular complexity index is 828. The van der Waals surface area contributed by atoms with Crippen LogP contribution in [0.25, 0.3) is 0 Å². The van der Waals surface area contributed by atoms with E-state index in [4.69, 9.17) is 0 Å².